The third kappa shape index (κ3) is 5.14. The molecular formula is C12H13F4NO3. The monoisotopic (exact) mass is 295 g/mol. The number of halogens is 4. The molecule has 0 heterocycles. The highest BCUT2D eigenvalue weighted by Gasteiger charge is 2.30. The molecule has 0 aliphatic carbocycles. The van der Waals surface area contributed by atoms with Gasteiger partial charge in [-0.1, -0.05) is 6.07 Å². The van der Waals surface area contributed by atoms with E-state index in [0.717, 1.165) is 17.0 Å². The predicted octanol–water partition coefficient (Wildman–Crippen LogP) is 1.88. The van der Waals surface area contributed by atoms with Crippen molar-refractivity contribution in [1.82, 2.24) is 4.90 Å². The average molecular weight is 295 g/mol. The Kier molecular flexibility index (Phi) is 5.46. The summed E-state index contributed by atoms with van der Waals surface area (Å²) in [6, 6.07) is 3.12. The van der Waals surface area contributed by atoms with Gasteiger partial charge in [0.05, 0.1) is 18.7 Å². The van der Waals surface area contributed by atoms with Crippen LogP contribution in [0.15, 0.2) is 18.2 Å². The van der Waals surface area contributed by atoms with E-state index in [-0.39, 0.29) is 18.7 Å². The maximum atomic E-state index is 13.4. The molecule has 0 saturated carbocycles. The van der Waals surface area contributed by atoms with Gasteiger partial charge in [-0.3, -0.25) is 4.90 Å². The van der Waals surface area contributed by atoms with Gasteiger partial charge in [0.25, 0.3) is 0 Å². The minimum Gasteiger partial charge on any atom is -0.478 e. The summed E-state index contributed by atoms with van der Waals surface area (Å²) in [7, 11) is 0. The van der Waals surface area contributed by atoms with Crippen molar-refractivity contribution in [2.24, 2.45) is 0 Å². The summed E-state index contributed by atoms with van der Waals surface area (Å²) in [4.78, 5) is 11.5. The lowest BCUT2D eigenvalue weighted by Crippen LogP contribution is -2.35. The predicted molar refractivity (Wildman–Crippen MR) is 61.8 cm³/mol. The van der Waals surface area contributed by atoms with E-state index in [1.54, 1.807) is 0 Å². The summed E-state index contributed by atoms with van der Waals surface area (Å²) in [6.07, 6.45) is -4.44. The minimum atomic E-state index is -4.44. The van der Waals surface area contributed by atoms with Gasteiger partial charge < -0.3 is 10.2 Å². The molecule has 1 aromatic rings. The van der Waals surface area contributed by atoms with Gasteiger partial charge in [-0.2, -0.15) is 13.2 Å². The molecule has 0 bridgehead atoms. The van der Waals surface area contributed by atoms with E-state index < -0.39 is 36.7 Å². The Morgan fingerprint density at radius 3 is 2.40 bits per heavy atom. The lowest BCUT2D eigenvalue weighted by atomic mass is 10.1. The van der Waals surface area contributed by atoms with Crippen LogP contribution in [0.5, 0.6) is 0 Å². The molecule has 0 aromatic heterocycles. The summed E-state index contributed by atoms with van der Waals surface area (Å²) in [6.45, 7) is -2.17. The number of rotatable bonds is 6. The largest absolute Gasteiger partial charge is 0.478 e. The molecule has 4 nitrogen and oxygen atoms in total. The van der Waals surface area contributed by atoms with Crippen LogP contribution in [0.1, 0.15) is 15.9 Å². The lowest BCUT2D eigenvalue weighted by molar-refractivity contribution is -0.147. The van der Waals surface area contributed by atoms with E-state index in [0.29, 0.717) is 0 Å². The normalized spacial score (nSPS) is 11.9. The van der Waals surface area contributed by atoms with E-state index in [1.807, 2.05) is 0 Å². The van der Waals surface area contributed by atoms with Gasteiger partial charge >= 0.3 is 12.1 Å². The highest BCUT2D eigenvalue weighted by Crippen LogP contribution is 2.19. The number of carboxylic acids is 1. The molecule has 0 aliphatic rings. The Bertz CT molecular complexity index is 476. The zero-order valence-electron chi connectivity index (χ0n) is 10.3. The van der Waals surface area contributed by atoms with Crippen molar-refractivity contribution in [3.05, 3.63) is 35.1 Å². The first-order valence-electron chi connectivity index (χ1n) is 5.64. The van der Waals surface area contributed by atoms with Crippen LogP contribution in [0.25, 0.3) is 0 Å². The Labute approximate surface area is 112 Å². The van der Waals surface area contributed by atoms with Crippen molar-refractivity contribution in [2.45, 2.75) is 12.7 Å². The quantitative estimate of drug-likeness (QED) is 0.787. The number of hydrogen-bond acceptors (Lipinski definition) is 3. The molecule has 112 valence electrons. The van der Waals surface area contributed by atoms with Gasteiger partial charge in [-0.05, 0) is 17.7 Å². The fourth-order valence-electron chi connectivity index (χ4n) is 1.70. The van der Waals surface area contributed by atoms with Gasteiger partial charge in [0.15, 0.2) is 0 Å². The number of alkyl halides is 3. The van der Waals surface area contributed by atoms with Crippen LogP contribution in [0.3, 0.4) is 0 Å². The van der Waals surface area contributed by atoms with Gasteiger partial charge in [0, 0.05) is 13.1 Å². The van der Waals surface area contributed by atoms with Crippen LogP contribution in [-0.2, 0) is 6.54 Å². The van der Waals surface area contributed by atoms with Crippen LogP contribution in [0, 0.1) is 5.82 Å². The van der Waals surface area contributed by atoms with Gasteiger partial charge in [-0.25, -0.2) is 9.18 Å². The summed E-state index contributed by atoms with van der Waals surface area (Å²) in [5.41, 5.74) is -0.344. The molecule has 20 heavy (non-hydrogen) atoms. The SMILES string of the molecule is O=C(O)c1ccc(CN(CCO)CC(F)(F)F)cc1F. The molecule has 0 saturated heterocycles. The molecule has 0 atom stereocenters. The van der Waals surface area contributed by atoms with Crippen molar-refractivity contribution in [1.29, 1.82) is 0 Å². The molecule has 1 aromatic carbocycles. The highest BCUT2D eigenvalue weighted by molar-refractivity contribution is 5.87. The van der Waals surface area contributed by atoms with Crippen molar-refractivity contribution >= 4 is 5.97 Å². The van der Waals surface area contributed by atoms with Crippen LogP contribution in [0.2, 0.25) is 0 Å². The molecule has 8 heteroatoms. The summed E-state index contributed by atoms with van der Waals surface area (Å²) < 4.78 is 50.3. The molecule has 0 spiro atoms. The third-order valence-corrected chi connectivity index (χ3v) is 2.49. The fraction of sp³-hybridized carbons (Fsp3) is 0.417. The van der Waals surface area contributed by atoms with Gasteiger partial charge in [-0.15, -0.1) is 0 Å². The number of aromatic carboxylic acids is 1. The second-order valence-corrected chi connectivity index (χ2v) is 4.17. The number of aliphatic hydroxyl groups is 1. The molecule has 2 N–H and O–H groups in total. The Morgan fingerprint density at radius 2 is 1.95 bits per heavy atom. The standard InChI is InChI=1S/C12H13F4NO3/c13-10-5-8(1-2-9(10)11(19)20)6-17(3-4-18)7-12(14,15)16/h1-2,5,18H,3-4,6-7H2,(H,19,20). The topological polar surface area (TPSA) is 60.8 Å². The second-order valence-electron chi connectivity index (χ2n) is 4.17. The zero-order chi connectivity index (χ0) is 15.3. The minimum absolute atomic E-state index is 0.199. The Balaban J connectivity index is 2.83. The Hall–Kier alpha value is -1.67. The smallest absolute Gasteiger partial charge is 0.401 e. The fourth-order valence-corrected chi connectivity index (χ4v) is 1.70. The van der Waals surface area contributed by atoms with Crippen molar-refractivity contribution in [3.63, 3.8) is 0 Å². The number of aliphatic hydroxyl groups excluding tert-OH is 1. The van der Waals surface area contributed by atoms with Crippen LogP contribution < -0.4 is 0 Å². The summed E-state index contributed by atoms with van der Waals surface area (Å²) in [5.74, 6) is -2.46. The molecule has 0 radical (unpaired) electrons. The molecular weight excluding hydrogens is 282 g/mol. The van der Waals surface area contributed by atoms with E-state index in [4.69, 9.17) is 10.2 Å². The maximum Gasteiger partial charge on any atom is 0.401 e. The zero-order valence-corrected chi connectivity index (χ0v) is 10.3. The van der Waals surface area contributed by atoms with Crippen LogP contribution in [0.4, 0.5) is 17.6 Å². The second kappa shape index (κ2) is 6.67. The molecule has 0 amide bonds. The number of carbonyl (C=O) groups is 1. The number of nitrogens with zero attached hydrogens (tertiary/aromatic N) is 1. The van der Waals surface area contributed by atoms with Crippen LogP contribution in [-0.4, -0.2) is 47.0 Å². The van der Waals surface area contributed by atoms with E-state index in [1.165, 1.54) is 6.07 Å². The first kappa shape index (κ1) is 16.4. The lowest BCUT2D eigenvalue weighted by Gasteiger charge is -2.22. The van der Waals surface area contributed by atoms with Crippen LogP contribution >= 0.6 is 0 Å². The first-order valence-corrected chi connectivity index (χ1v) is 5.64. The van der Waals surface area contributed by atoms with Crippen molar-refractivity contribution in [3.8, 4) is 0 Å². The van der Waals surface area contributed by atoms with E-state index >= 15 is 0 Å². The number of carboxylic acid groups (broad SMARTS) is 1. The van der Waals surface area contributed by atoms with E-state index in [9.17, 15) is 22.4 Å². The summed E-state index contributed by atoms with van der Waals surface area (Å²) >= 11 is 0. The highest BCUT2D eigenvalue weighted by atomic mass is 19.4. The molecule has 1 rings (SSSR count). The third-order valence-electron chi connectivity index (χ3n) is 2.49. The summed E-state index contributed by atoms with van der Waals surface area (Å²) in [5, 5.41) is 17.4. The Morgan fingerprint density at radius 1 is 1.30 bits per heavy atom. The van der Waals surface area contributed by atoms with E-state index in [2.05, 4.69) is 0 Å². The van der Waals surface area contributed by atoms with Crippen molar-refractivity contribution in [2.75, 3.05) is 19.7 Å². The number of benzene rings is 1. The molecule has 0 unspecified atom stereocenters. The molecule has 0 fully saturated rings. The van der Waals surface area contributed by atoms with Gasteiger partial charge in [0.2, 0.25) is 0 Å². The molecule has 0 aliphatic heterocycles. The number of hydrogen-bond donors (Lipinski definition) is 2. The van der Waals surface area contributed by atoms with Gasteiger partial charge in [0.1, 0.15) is 5.82 Å². The average Bonchev–Trinajstić information content (AvgIpc) is 2.26. The maximum absolute atomic E-state index is 13.4. The van der Waals surface area contributed by atoms with Crippen molar-refractivity contribution < 1.29 is 32.6 Å². The first-order chi connectivity index (χ1) is 9.23.